The number of nitrogens with one attached hydrogen (secondary N) is 1. The highest BCUT2D eigenvalue weighted by atomic mass is 32.2. The van der Waals surface area contributed by atoms with Gasteiger partial charge in [-0.05, 0) is 67.0 Å². The summed E-state index contributed by atoms with van der Waals surface area (Å²) < 4.78 is 60.9. The first-order chi connectivity index (χ1) is 18.5. The van der Waals surface area contributed by atoms with Crippen LogP contribution < -0.4 is 10.1 Å². The zero-order chi connectivity index (χ0) is 28.2. The summed E-state index contributed by atoms with van der Waals surface area (Å²) in [5.41, 5.74) is 1.72. The largest absolute Gasteiger partial charge is 0.495 e. The summed E-state index contributed by atoms with van der Waals surface area (Å²) in [5.74, 6) is 0.0686. The van der Waals surface area contributed by atoms with E-state index in [4.69, 9.17) is 4.74 Å². The maximum absolute atomic E-state index is 13.4. The van der Waals surface area contributed by atoms with Gasteiger partial charge in [-0.1, -0.05) is 38.5 Å². The van der Waals surface area contributed by atoms with E-state index in [0.29, 0.717) is 31.7 Å². The average Bonchev–Trinajstić information content (AvgIpc) is 2.96. The third-order valence-corrected chi connectivity index (χ3v) is 11.5. The number of carbonyl (C=O) groups excluding carboxylic acids is 1. The highest BCUT2D eigenvalue weighted by molar-refractivity contribution is 7.89. The third-order valence-electron chi connectivity index (χ3n) is 7.64. The van der Waals surface area contributed by atoms with Crippen molar-refractivity contribution in [3.8, 4) is 5.75 Å². The zero-order valence-corrected chi connectivity index (χ0v) is 24.6. The SMILES string of the molecule is COc1ccc(C(C)C)cc1S(=O)(=O)N1CCC(C(=O)NCc2ccc(S(=O)(=O)N3CCCCC3)cc2)CC1. The molecule has 0 bridgehead atoms. The highest BCUT2D eigenvalue weighted by Crippen LogP contribution is 2.32. The van der Waals surface area contributed by atoms with Gasteiger partial charge in [0.15, 0.2) is 0 Å². The Morgan fingerprint density at radius 3 is 2.10 bits per heavy atom. The van der Waals surface area contributed by atoms with Gasteiger partial charge in [-0.3, -0.25) is 4.79 Å². The van der Waals surface area contributed by atoms with Gasteiger partial charge in [0.05, 0.1) is 12.0 Å². The minimum atomic E-state index is -3.77. The first-order valence-electron chi connectivity index (χ1n) is 13.6. The van der Waals surface area contributed by atoms with Gasteiger partial charge in [0.25, 0.3) is 0 Å². The van der Waals surface area contributed by atoms with Crippen LogP contribution in [0, 0.1) is 5.92 Å². The molecule has 0 radical (unpaired) electrons. The number of ether oxygens (including phenoxy) is 1. The minimum absolute atomic E-state index is 0.128. The molecule has 1 N–H and O–H groups in total. The van der Waals surface area contributed by atoms with E-state index in [0.717, 1.165) is 30.4 Å². The molecular weight excluding hydrogens is 538 g/mol. The summed E-state index contributed by atoms with van der Waals surface area (Å²) in [6.07, 6.45) is 3.66. The van der Waals surface area contributed by atoms with Crippen molar-refractivity contribution in [1.29, 1.82) is 0 Å². The molecule has 2 aliphatic heterocycles. The number of rotatable bonds is 9. The molecule has 4 rings (SSSR count). The van der Waals surface area contributed by atoms with Gasteiger partial charge >= 0.3 is 0 Å². The molecule has 2 saturated heterocycles. The Balaban J connectivity index is 1.32. The number of sulfonamides is 2. The molecule has 0 aromatic heterocycles. The van der Waals surface area contributed by atoms with Gasteiger partial charge in [0.1, 0.15) is 10.6 Å². The van der Waals surface area contributed by atoms with Crippen LogP contribution >= 0.6 is 0 Å². The second kappa shape index (κ2) is 12.4. The first kappa shape index (κ1) is 29.5. The first-order valence-corrected chi connectivity index (χ1v) is 16.5. The average molecular weight is 578 g/mol. The molecule has 2 aliphatic rings. The summed E-state index contributed by atoms with van der Waals surface area (Å²) in [6.45, 7) is 5.90. The number of hydrogen-bond donors (Lipinski definition) is 1. The number of nitrogens with zero attached hydrogens (tertiary/aromatic N) is 2. The van der Waals surface area contributed by atoms with E-state index in [1.807, 2.05) is 19.9 Å². The maximum Gasteiger partial charge on any atom is 0.246 e. The fraction of sp³-hybridized carbons (Fsp3) is 0.536. The van der Waals surface area contributed by atoms with Crippen molar-refractivity contribution in [2.75, 3.05) is 33.3 Å². The van der Waals surface area contributed by atoms with Crippen LogP contribution in [0.5, 0.6) is 5.75 Å². The lowest BCUT2D eigenvalue weighted by molar-refractivity contribution is -0.126. The van der Waals surface area contributed by atoms with Crippen LogP contribution in [0.2, 0.25) is 0 Å². The van der Waals surface area contributed by atoms with Gasteiger partial charge in [0, 0.05) is 38.6 Å². The summed E-state index contributed by atoms with van der Waals surface area (Å²) in [5, 5.41) is 2.93. The van der Waals surface area contributed by atoms with Crippen LogP contribution in [-0.2, 0) is 31.4 Å². The van der Waals surface area contributed by atoms with Crippen molar-refractivity contribution in [1.82, 2.24) is 13.9 Å². The van der Waals surface area contributed by atoms with Crippen molar-refractivity contribution in [2.45, 2.75) is 68.2 Å². The highest BCUT2D eigenvalue weighted by Gasteiger charge is 2.34. The molecule has 214 valence electrons. The second-order valence-electron chi connectivity index (χ2n) is 10.6. The third kappa shape index (κ3) is 6.65. The normalized spacial score (nSPS) is 18.3. The molecule has 2 aromatic rings. The standard InChI is InChI=1S/C28H39N3O6S2/c1-21(2)24-9-12-26(37-3)27(19-24)39(35,36)31-17-13-23(14-18-31)28(32)29-20-22-7-10-25(11-8-22)38(33,34)30-15-5-4-6-16-30/h7-12,19,21,23H,4-6,13-18,20H2,1-3H3,(H,29,32). The summed E-state index contributed by atoms with van der Waals surface area (Å²) in [7, 11) is -5.80. The molecule has 11 heteroatoms. The lowest BCUT2D eigenvalue weighted by Gasteiger charge is -2.31. The molecule has 0 saturated carbocycles. The Bertz CT molecular complexity index is 1360. The van der Waals surface area contributed by atoms with Crippen molar-refractivity contribution in [3.63, 3.8) is 0 Å². The maximum atomic E-state index is 13.4. The number of carbonyl (C=O) groups is 1. The smallest absolute Gasteiger partial charge is 0.246 e. The Kier molecular flexibility index (Phi) is 9.36. The summed E-state index contributed by atoms with van der Waals surface area (Å²) >= 11 is 0. The van der Waals surface area contributed by atoms with Crippen LogP contribution in [0.15, 0.2) is 52.3 Å². The van der Waals surface area contributed by atoms with Gasteiger partial charge < -0.3 is 10.1 Å². The topological polar surface area (TPSA) is 113 Å². The molecule has 2 fully saturated rings. The number of benzene rings is 2. The lowest BCUT2D eigenvalue weighted by Crippen LogP contribution is -2.43. The molecule has 0 unspecified atom stereocenters. The molecule has 9 nitrogen and oxygen atoms in total. The Labute approximate surface area is 232 Å². The van der Waals surface area contributed by atoms with Gasteiger partial charge in [0.2, 0.25) is 26.0 Å². The van der Waals surface area contributed by atoms with Gasteiger partial charge in [-0.2, -0.15) is 8.61 Å². The quantitative estimate of drug-likeness (QED) is 0.486. The van der Waals surface area contributed by atoms with Crippen molar-refractivity contribution in [3.05, 3.63) is 53.6 Å². The van der Waals surface area contributed by atoms with Crippen molar-refractivity contribution < 1.29 is 26.4 Å². The van der Waals surface area contributed by atoms with Gasteiger partial charge in [-0.25, -0.2) is 16.8 Å². The van der Waals surface area contributed by atoms with E-state index in [2.05, 4.69) is 5.32 Å². The van der Waals surface area contributed by atoms with Crippen LogP contribution in [-0.4, -0.2) is 64.6 Å². The molecular formula is C28H39N3O6S2. The molecule has 0 aliphatic carbocycles. The zero-order valence-electron chi connectivity index (χ0n) is 22.9. The second-order valence-corrected chi connectivity index (χ2v) is 14.4. The lowest BCUT2D eigenvalue weighted by atomic mass is 9.97. The summed E-state index contributed by atoms with van der Waals surface area (Å²) in [4.78, 5) is 13.3. The Morgan fingerprint density at radius 2 is 1.51 bits per heavy atom. The van der Waals surface area contributed by atoms with Crippen molar-refractivity contribution in [2.24, 2.45) is 5.92 Å². The Morgan fingerprint density at radius 1 is 0.897 bits per heavy atom. The predicted molar refractivity (Wildman–Crippen MR) is 149 cm³/mol. The van der Waals surface area contributed by atoms with Crippen LogP contribution in [0.1, 0.15) is 63.0 Å². The molecule has 39 heavy (non-hydrogen) atoms. The van der Waals surface area contributed by atoms with E-state index in [1.165, 1.54) is 15.7 Å². The van der Waals surface area contributed by atoms with E-state index < -0.39 is 20.0 Å². The molecule has 1 amide bonds. The van der Waals surface area contributed by atoms with E-state index in [1.54, 1.807) is 36.4 Å². The van der Waals surface area contributed by atoms with E-state index in [9.17, 15) is 21.6 Å². The van der Waals surface area contributed by atoms with Crippen LogP contribution in [0.4, 0.5) is 0 Å². The van der Waals surface area contributed by atoms with E-state index in [-0.39, 0.29) is 47.2 Å². The fourth-order valence-corrected chi connectivity index (χ4v) is 8.30. The molecule has 0 spiro atoms. The Hall–Kier alpha value is -2.47. The van der Waals surface area contributed by atoms with Crippen molar-refractivity contribution >= 4 is 26.0 Å². The summed E-state index contributed by atoms with van der Waals surface area (Å²) in [6, 6.07) is 11.9. The monoisotopic (exact) mass is 577 g/mol. The van der Waals surface area contributed by atoms with Crippen LogP contribution in [0.25, 0.3) is 0 Å². The number of methoxy groups -OCH3 is 1. The number of piperidine rings is 2. The molecule has 2 aromatic carbocycles. The van der Waals surface area contributed by atoms with Gasteiger partial charge in [-0.15, -0.1) is 0 Å². The predicted octanol–water partition coefficient (Wildman–Crippen LogP) is 3.71. The van der Waals surface area contributed by atoms with E-state index >= 15 is 0 Å². The molecule has 2 heterocycles. The van der Waals surface area contributed by atoms with Crippen LogP contribution in [0.3, 0.4) is 0 Å². The number of amides is 1. The fourth-order valence-electron chi connectivity index (χ4n) is 5.12. The molecule has 0 atom stereocenters. The number of hydrogen-bond acceptors (Lipinski definition) is 6. The minimum Gasteiger partial charge on any atom is -0.495 e.